The molecule has 3 rings (SSSR count). The van der Waals surface area contributed by atoms with Gasteiger partial charge in [-0.3, -0.25) is 9.48 Å². The summed E-state index contributed by atoms with van der Waals surface area (Å²) in [5, 5.41) is 7.58. The van der Waals surface area contributed by atoms with Gasteiger partial charge in [0, 0.05) is 32.4 Å². The molecule has 5 nitrogen and oxygen atoms in total. The molecule has 1 saturated heterocycles. The van der Waals surface area contributed by atoms with E-state index in [1.165, 1.54) is 25.7 Å². The number of rotatable bonds is 5. The molecule has 0 radical (unpaired) electrons. The quantitative estimate of drug-likeness (QED) is 0.862. The van der Waals surface area contributed by atoms with E-state index in [1.807, 2.05) is 18.0 Å². The second kappa shape index (κ2) is 5.33. The minimum absolute atomic E-state index is 0.126. The van der Waals surface area contributed by atoms with Crippen molar-refractivity contribution in [2.45, 2.75) is 31.7 Å². The van der Waals surface area contributed by atoms with Crippen molar-refractivity contribution < 1.29 is 4.79 Å². The summed E-state index contributed by atoms with van der Waals surface area (Å²) in [5.74, 6) is 0.846. The highest BCUT2D eigenvalue weighted by Gasteiger charge is 2.30. The Morgan fingerprint density at radius 1 is 1.47 bits per heavy atom. The normalized spacial score (nSPS) is 22.7. The van der Waals surface area contributed by atoms with Crippen molar-refractivity contribution in [2.24, 2.45) is 13.0 Å². The van der Waals surface area contributed by atoms with Crippen molar-refractivity contribution in [3.8, 4) is 0 Å². The smallest absolute Gasteiger partial charge is 0.272 e. The van der Waals surface area contributed by atoms with Crippen LogP contribution in [-0.4, -0.2) is 46.3 Å². The molecule has 2 aliphatic rings. The van der Waals surface area contributed by atoms with Gasteiger partial charge in [0.05, 0.1) is 0 Å². The van der Waals surface area contributed by atoms with Gasteiger partial charge in [-0.05, 0) is 44.2 Å². The van der Waals surface area contributed by atoms with Crippen molar-refractivity contribution in [1.82, 2.24) is 20.0 Å². The van der Waals surface area contributed by atoms with E-state index >= 15 is 0 Å². The minimum Gasteiger partial charge on any atom is -0.335 e. The highest BCUT2D eigenvalue weighted by Crippen LogP contribution is 2.30. The SMILES string of the molecule is Cn1nccc1C(=O)N(CC1CC1)CC1CCCN1. The van der Waals surface area contributed by atoms with E-state index in [0.29, 0.717) is 11.7 Å². The molecular weight excluding hydrogens is 240 g/mol. The summed E-state index contributed by atoms with van der Waals surface area (Å²) in [6.45, 7) is 2.82. The fourth-order valence-electron chi connectivity index (χ4n) is 2.78. The Labute approximate surface area is 114 Å². The maximum Gasteiger partial charge on any atom is 0.272 e. The Kier molecular flexibility index (Phi) is 3.55. The van der Waals surface area contributed by atoms with Crippen LogP contribution < -0.4 is 5.32 Å². The van der Waals surface area contributed by atoms with Gasteiger partial charge in [-0.2, -0.15) is 5.10 Å². The molecule has 1 amide bonds. The molecule has 1 saturated carbocycles. The van der Waals surface area contributed by atoms with E-state index in [1.54, 1.807) is 10.9 Å². The van der Waals surface area contributed by atoms with Crippen LogP contribution in [0.5, 0.6) is 0 Å². The molecule has 1 N–H and O–H groups in total. The molecule has 1 aromatic heterocycles. The highest BCUT2D eigenvalue weighted by atomic mass is 16.2. The molecule has 19 heavy (non-hydrogen) atoms. The fraction of sp³-hybridized carbons (Fsp3) is 0.714. The lowest BCUT2D eigenvalue weighted by atomic mass is 10.2. The Morgan fingerprint density at radius 3 is 2.89 bits per heavy atom. The van der Waals surface area contributed by atoms with E-state index in [-0.39, 0.29) is 5.91 Å². The van der Waals surface area contributed by atoms with Crippen LogP contribution in [-0.2, 0) is 7.05 Å². The third kappa shape index (κ3) is 2.97. The number of nitrogens with one attached hydrogen (secondary N) is 1. The molecule has 1 aromatic rings. The van der Waals surface area contributed by atoms with Crippen LogP contribution in [0.4, 0.5) is 0 Å². The van der Waals surface area contributed by atoms with Gasteiger partial charge in [0.1, 0.15) is 5.69 Å². The largest absolute Gasteiger partial charge is 0.335 e. The molecule has 1 atom stereocenters. The molecule has 0 aromatic carbocycles. The van der Waals surface area contributed by atoms with Crippen molar-refractivity contribution in [3.05, 3.63) is 18.0 Å². The van der Waals surface area contributed by atoms with Crippen molar-refractivity contribution in [3.63, 3.8) is 0 Å². The summed E-state index contributed by atoms with van der Waals surface area (Å²) < 4.78 is 1.67. The molecule has 0 bridgehead atoms. The minimum atomic E-state index is 0.126. The van der Waals surface area contributed by atoms with Gasteiger partial charge in [-0.25, -0.2) is 0 Å². The molecule has 1 aliphatic heterocycles. The number of aryl methyl sites for hydroxylation is 1. The highest BCUT2D eigenvalue weighted by molar-refractivity contribution is 5.92. The second-order valence-electron chi connectivity index (χ2n) is 5.79. The maximum absolute atomic E-state index is 12.6. The average molecular weight is 262 g/mol. The zero-order valence-electron chi connectivity index (χ0n) is 11.5. The summed E-state index contributed by atoms with van der Waals surface area (Å²) in [7, 11) is 1.83. The number of amides is 1. The Bertz CT molecular complexity index is 446. The maximum atomic E-state index is 12.6. The lowest BCUT2D eigenvalue weighted by Crippen LogP contribution is -2.42. The zero-order chi connectivity index (χ0) is 13.2. The summed E-state index contributed by atoms with van der Waals surface area (Å²) in [5.41, 5.74) is 0.693. The Hall–Kier alpha value is -1.36. The summed E-state index contributed by atoms with van der Waals surface area (Å²) in [4.78, 5) is 14.6. The van der Waals surface area contributed by atoms with Crippen LogP contribution >= 0.6 is 0 Å². The molecule has 104 valence electrons. The average Bonchev–Trinajstić information content (AvgIpc) is 2.88. The Balaban J connectivity index is 1.69. The number of hydrogen-bond acceptors (Lipinski definition) is 3. The van der Waals surface area contributed by atoms with Crippen LogP contribution in [0.15, 0.2) is 12.3 Å². The number of nitrogens with zero attached hydrogens (tertiary/aromatic N) is 3. The lowest BCUT2D eigenvalue weighted by Gasteiger charge is -2.26. The monoisotopic (exact) mass is 262 g/mol. The van der Waals surface area contributed by atoms with Crippen LogP contribution in [0.2, 0.25) is 0 Å². The summed E-state index contributed by atoms with van der Waals surface area (Å²) >= 11 is 0. The summed E-state index contributed by atoms with van der Waals surface area (Å²) in [6.07, 6.45) is 6.64. The van der Waals surface area contributed by atoms with Gasteiger partial charge < -0.3 is 10.2 Å². The van der Waals surface area contributed by atoms with E-state index in [4.69, 9.17) is 0 Å². The van der Waals surface area contributed by atoms with Crippen LogP contribution in [0.25, 0.3) is 0 Å². The van der Waals surface area contributed by atoms with Gasteiger partial charge in [-0.15, -0.1) is 0 Å². The van der Waals surface area contributed by atoms with E-state index < -0.39 is 0 Å². The number of carbonyl (C=O) groups is 1. The molecular formula is C14H22N4O. The van der Waals surface area contributed by atoms with Crippen molar-refractivity contribution >= 4 is 5.91 Å². The van der Waals surface area contributed by atoms with E-state index in [0.717, 1.165) is 25.6 Å². The first-order valence-electron chi connectivity index (χ1n) is 7.24. The van der Waals surface area contributed by atoms with Crippen LogP contribution in [0, 0.1) is 5.92 Å². The predicted molar refractivity (Wildman–Crippen MR) is 72.9 cm³/mol. The van der Waals surface area contributed by atoms with Crippen molar-refractivity contribution in [2.75, 3.05) is 19.6 Å². The summed E-state index contributed by atoms with van der Waals surface area (Å²) in [6, 6.07) is 2.28. The second-order valence-corrected chi connectivity index (χ2v) is 5.79. The topological polar surface area (TPSA) is 50.2 Å². The number of carbonyl (C=O) groups excluding carboxylic acids is 1. The fourth-order valence-corrected chi connectivity index (χ4v) is 2.78. The van der Waals surface area contributed by atoms with E-state index in [9.17, 15) is 4.79 Å². The number of aromatic nitrogens is 2. The standard InChI is InChI=1S/C14H22N4O/c1-17-13(6-8-16-17)14(19)18(9-11-4-5-11)10-12-3-2-7-15-12/h6,8,11-12,15H,2-5,7,9-10H2,1H3. The van der Waals surface area contributed by atoms with Crippen LogP contribution in [0.3, 0.4) is 0 Å². The van der Waals surface area contributed by atoms with Gasteiger partial charge in [0.25, 0.3) is 5.91 Å². The Morgan fingerprint density at radius 2 is 2.32 bits per heavy atom. The molecule has 2 heterocycles. The third-order valence-electron chi connectivity index (χ3n) is 4.11. The first kappa shape index (κ1) is 12.7. The molecule has 1 unspecified atom stereocenters. The third-order valence-corrected chi connectivity index (χ3v) is 4.11. The zero-order valence-corrected chi connectivity index (χ0v) is 11.5. The molecule has 0 spiro atoms. The van der Waals surface area contributed by atoms with Gasteiger partial charge in [0.15, 0.2) is 0 Å². The molecule has 1 aliphatic carbocycles. The van der Waals surface area contributed by atoms with Gasteiger partial charge in [0.2, 0.25) is 0 Å². The van der Waals surface area contributed by atoms with Gasteiger partial charge >= 0.3 is 0 Å². The van der Waals surface area contributed by atoms with E-state index in [2.05, 4.69) is 10.4 Å². The molecule has 2 fully saturated rings. The molecule has 5 heteroatoms. The van der Waals surface area contributed by atoms with Crippen molar-refractivity contribution in [1.29, 1.82) is 0 Å². The lowest BCUT2D eigenvalue weighted by molar-refractivity contribution is 0.0722. The van der Waals surface area contributed by atoms with Gasteiger partial charge in [-0.1, -0.05) is 0 Å². The first-order valence-corrected chi connectivity index (χ1v) is 7.24. The first-order chi connectivity index (χ1) is 9.24. The number of hydrogen-bond donors (Lipinski definition) is 1. The van der Waals surface area contributed by atoms with Crippen LogP contribution in [0.1, 0.15) is 36.2 Å². The predicted octanol–water partition coefficient (Wildman–Crippen LogP) is 1.02.